The monoisotopic (exact) mass is 672 g/mol. The number of pyridine rings is 2. The molecule has 2 aromatic carbocycles. The van der Waals surface area contributed by atoms with Crippen molar-refractivity contribution in [1.82, 2.24) is 9.78 Å². The molecule has 5 heteroatoms. The molecule has 0 bridgehead atoms. The Morgan fingerprint density at radius 2 is 1.72 bits per heavy atom. The van der Waals surface area contributed by atoms with Crippen LogP contribution in [-0.2, 0) is 36.3 Å². The van der Waals surface area contributed by atoms with Crippen LogP contribution in [0.25, 0.3) is 39.6 Å². The van der Waals surface area contributed by atoms with E-state index in [0.29, 0.717) is 0 Å². The van der Waals surface area contributed by atoms with Crippen LogP contribution in [0, 0.1) is 5.82 Å². The number of hydrogen-bond acceptors (Lipinski definition) is 1. The predicted octanol–water partition coefficient (Wildman–Crippen LogP) is 10.5. The van der Waals surface area contributed by atoms with E-state index >= 15 is 4.39 Å². The van der Waals surface area contributed by atoms with Gasteiger partial charge in [0, 0.05) is 48.1 Å². The van der Waals surface area contributed by atoms with E-state index in [0.717, 1.165) is 73.3 Å². The summed E-state index contributed by atoms with van der Waals surface area (Å²) < 4.78 is 23.1. The fourth-order valence-corrected chi connectivity index (χ4v) is 8.04. The van der Waals surface area contributed by atoms with Gasteiger partial charge in [-0.05, 0) is 77.4 Å². The van der Waals surface area contributed by atoms with Gasteiger partial charge in [-0.2, -0.15) is 14.2 Å². The van der Waals surface area contributed by atoms with Crippen LogP contribution >= 0.6 is 0 Å². The number of unbranched alkanes of at least 4 members (excludes halogenated alkanes) is 1. The fraction of sp³-hybridized carbons (Fsp3) is 0.444. The van der Waals surface area contributed by atoms with Gasteiger partial charge in [-0.15, -0.1) is 0 Å². The molecule has 0 fully saturated rings. The van der Waals surface area contributed by atoms with Crippen LogP contribution in [0.3, 0.4) is 0 Å². The average Bonchev–Trinajstić information content (AvgIpc) is 3.48. The van der Waals surface area contributed by atoms with Crippen molar-refractivity contribution in [3.05, 3.63) is 107 Å². The Labute approximate surface area is 299 Å². The minimum absolute atomic E-state index is 0.0330. The van der Waals surface area contributed by atoms with Gasteiger partial charge in [0.05, 0.1) is 16.6 Å². The Morgan fingerprint density at radius 1 is 0.940 bits per heavy atom. The number of hydrogen-bond donors (Lipinski definition) is 0. The first-order valence-electron chi connectivity index (χ1n) is 18.8. The molecule has 0 saturated carbocycles. The first-order valence-corrected chi connectivity index (χ1v) is 18.8. The third-order valence-corrected chi connectivity index (χ3v) is 11.2. The van der Waals surface area contributed by atoms with Crippen molar-refractivity contribution < 1.29 is 13.5 Å². The maximum Gasteiger partial charge on any atom is 0.236 e. The van der Waals surface area contributed by atoms with E-state index < -0.39 is 5.41 Å². The highest BCUT2D eigenvalue weighted by atomic mass is 19.1. The van der Waals surface area contributed by atoms with Crippen molar-refractivity contribution in [1.29, 1.82) is 0 Å². The predicted molar refractivity (Wildman–Crippen MR) is 206 cm³/mol. The molecule has 0 amide bonds. The van der Waals surface area contributed by atoms with Crippen LogP contribution in [0.5, 0.6) is 0 Å². The van der Waals surface area contributed by atoms with Crippen LogP contribution in [0.15, 0.2) is 73.1 Å². The Bertz CT molecular complexity index is 2080. The van der Waals surface area contributed by atoms with Crippen LogP contribution in [-0.4, -0.2) is 9.78 Å². The summed E-state index contributed by atoms with van der Waals surface area (Å²) in [6.07, 6.45) is 14.9. The molecule has 4 nitrogen and oxygen atoms in total. The van der Waals surface area contributed by atoms with E-state index in [2.05, 4.69) is 145 Å². The maximum atomic E-state index is 16.5. The number of nitrogens with zero attached hydrogens (tertiary/aromatic N) is 4. The standard InChI is InChI=1S/C45H57FN4/c1-11-14-18-31-28-32-22-27-50(24-12-2)42-39(32)34(29-31)44(7,8)41-35(46)21-20-33(40(41)42)45(9,13-3)23-17-26-49-25-16-15-19-36(49)37-30-38(43(4,5)6)47-48(37)10/h15-17,19-22,25-30H,11-14,18,23-24H2,1-10H3/q+2. The molecule has 1 atom stereocenters. The number of benzene rings is 2. The van der Waals surface area contributed by atoms with Gasteiger partial charge in [0.2, 0.25) is 11.4 Å². The number of allylic oxidation sites excluding steroid dienone is 1. The molecule has 1 aliphatic rings. The number of aryl methyl sites for hydroxylation is 3. The zero-order valence-corrected chi connectivity index (χ0v) is 32.1. The van der Waals surface area contributed by atoms with Crippen molar-refractivity contribution in [2.75, 3.05) is 0 Å². The summed E-state index contributed by atoms with van der Waals surface area (Å²) in [6.45, 7) is 21.1. The number of fused-ring (bicyclic) bond motifs is 2. The molecule has 0 radical (unpaired) electrons. The maximum absolute atomic E-state index is 16.5. The van der Waals surface area contributed by atoms with Gasteiger partial charge in [-0.1, -0.05) is 86.9 Å². The zero-order valence-electron chi connectivity index (χ0n) is 32.1. The third-order valence-electron chi connectivity index (χ3n) is 11.2. The van der Waals surface area contributed by atoms with Crippen LogP contribution in [0.1, 0.15) is 122 Å². The molecule has 50 heavy (non-hydrogen) atoms. The van der Waals surface area contributed by atoms with Gasteiger partial charge in [-0.25, -0.2) is 4.39 Å². The molecular formula is C45H57FN4+2. The second-order valence-electron chi connectivity index (χ2n) is 16.3. The minimum Gasteiger partial charge on any atom is -0.262 e. The van der Waals surface area contributed by atoms with Crippen LogP contribution in [0.4, 0.5) is 4.39 Å². The van der Waals surface area contributed by atoms with Crippen molar-refractivity contribution in [2.24, 2.45) is 7.05 Å². The molecule has 262 valence electrons. The van der Waals surface area contributed by atoms with Crippen LogP contribution in [0.2, 0.25) is 0 Å². The summed E-state index contributed by atoms with van der Waals surface area (Å²) in [5, 5.41) is 7.40. The summed E-state index contributed by atoms with van der Waals surface area (Å²) in [6, 6.07) is 19.4. The quantitative estimate of drug-likeness (QED) is 0.128. The molecule has 0 N–H and O–H groups in total. The summed E-state index contributed by atoms with van der Waals surface area (Å²) in [5.41, 5.74) is 9.45. The van der Waals surface area contributed by atoms with Gasteiger partial charge >= 0.3 is 0 Å². The smallest absolute Gasteiger partial charge is 0.236 e. The second-order valence-corrected chi connectivity index (χ2v) is 16.3. The zero-order chi connectivity index (χ0) is 36.0. The molecule has 0 spiro atoms. The van der Waals surface area contributed by atoms with Gasteiger partial charge in [0.1, 0.15) is 18.1 Å². The van der Waals surface area contributed by atoms with E-state index in [1.165, 1.54) is 33.2 Å². The molecule has 0 saturated heterocycles. The third kappa shape index (κ3) is 6.22. The lowest BCUT2D eigenvalue weighted by Gasteiger charge is -2.38. The number of aromatic nitrogens is 4. The number of rotatable bonds is 11. The second kappa shape index (κ2) is 13.5. The SMILES string of the molecule is CCCCc1cc2c3c([n+](CCC)ccc3c1)-c1c(C(C)(CC)CC=C[n+]3ccccc3-c3cc(C(C)(C)C)nn3C)ccc(F)c1C2(C)C. The lowest BCUT2D eigenvalue weighted by atomic mass is 9.64. The minimum atomic E-state index is -0.484. The topological polar surface area (TPSA) is 25.6 Å². The Morgan fingerprint density at radius 3 is 2.40 bits per heavy atom. The molecule has 6 rings (SSSR count). The summed E-state index contributed by atoms with van der Waals surface area (Å²) in [4.78, 5) is 0. The molecular weight excluding hydrogens is 616 g/mol. The van der Waals surface area contributed by atoms with Gasteiger partial charge in [0.15, 0.2) is 18.6 Å². The van der Waals surface area contributed by atoms with E-state index in [-0.39, 0.29) is 16.6 Å². The lowest BCUT2D eigenvalue weighted by molar-refractivity contribution is -0.685. The highest BCUT2D eigenvalue weighted by Crippen LogP contribution is 2.52. The molecule has 3 aromatic heterocycles. The van der Waals surface area contributed by atoms with Crippen LogP contribution < -0.4 is 9.13 Å². The van der Waals surface area contributed by atoms with Crippen molar-refractivity contribution in [3.8, 4) is 22.6 Å². The summed E-state index contributed by atoms with van der Waals surface area (Å²) in [7, 11) is 2.02. The van der Waals surface area contributed by atoms with Crippen molar-refractivity contribution in [3.63, 3.8) is 0 Å². The highest BCUT2D eigenvalue weighted by molar-refractivity contribution is 6.01. The summed E-state index contributed by atoms with van der Waals surface area (Å²) >= 11 is 0. The Kier molecular flexibility index (Phi) is 9.67. The van der Waals surface area contributed by atoms with E-state index in [4.69, 9.17) is 5.10 Å². The van der Waals surface area contributed by atoms with Crippen molar-refractivity contribution >= 4 is 17.0 Å². The largest absolute Gasteiger partial charge is 0.262 e. The Balaban J connectivity index is 1.49. The molecule has 0 aliphatic heterocycles. The first kappa shape index (κ1) is 35.7. The average molecular weight is 673 g/mol. The first-order chi connectivity index (χ1) is 23.7. The molecule has 5 aromatic rings. The van der Waals surface area contributed by atoms with E-state index in [1.54, 1.807) is 6.07 Å². The number of halogens is 1. The fourth-order valence-electron chi connectivity index (χ4n) is 8.04. The summed E-state index contributed by atoms with van der Waals surface area (Å²) in [5.74, 6) is -0.109. The van der Waals surface area contributed by atoms with Gasteiger partial charge < -0.3 is 0 Å². The van der Waals surface area contributed by atoms with E-state index in [1.807, 2.05) is 11.7 Å². The highest BCUT2D eigenvalue weighted by Gasteiger charge is 2.44. The normalized spacial score (nSPS) is 15.1. The Hall–Kier alpha value is -4.12. The van der Waals surface area contributed by atoms with Crippen molar-refractivity contribution in [2.45, 2.75) is 124 Å². The molecule has 1 unspecified atom stereocenters. The molecule has 3 heterocycles. The van der Waals surface area contributed by atoms with Gasteiger partial charge in [0.25, 0.3) is 0 Å². The van der Waals surface area contributed by atoms with Gasteiger partial charge in [-0.3, -0.25) is 4.68 Å². The molecule has 1 aliphatic carbocycles. The lowest BCUT2D eigenvalue weighted by Crippen LogP contribution is -2.40. The van der Waals surface area contributed by atoms with E-state index in [9.17, 15) is 0 Å².